The summed E-state index contributed by atoms with van der Waals surface area (Å²) < 4.78 is 1.67. The van der Waals surface area contributed by atoms with Crippen LogP contribution in [-0.2, 0) is 6.54 Å². The van der Waals surface area contributed by atoms with Gasteiger partial charge in [-0.3, -0.25) is 0 Å². The highest BCUT2D eigenvalue weighted by Gasteiger charge is 2.04. The molecule has 0 atom stereocenters. The second kappa shape index (κ2) is 4.85. The van der Waals surface area contributed by atoms with Gasteiger partial charge in [-0.15, -0.1) is 0 Å². The molecule has 0 aliphatic heterocycles. The van der Waals surface area contributed by atoms with Crippen LogP contribution in [0.3, 0.4) is 0 Å². The van der Waals surface area contributed by atoms with Crippen LogP contribution < -0.4 is 5.32 Å². The van der Waals surface area contributed by atoms with Gasteiger partial charge < -0.3 is 5.32 Å². The van der Waals surface area contributed by atoms with Crippen molar-refractivity contribution in [3.05, 3.63) is 36.0 Å². The summed E-state index contributed by atoms with van der Waals surface area (Å²) >= 11 is 0. The third kappa shape index (κ3) is 2.25. The Kier molecular flexibility index (Phi) is 3.26. The molecule has 0 fully saturated rings. The Balaban J connectivity index is 2.23. The van der Waals surface area contributed by atoms with Crippen LogP contribution in [0.25, 0.3) is 5.82 Å². The first-order valence-corrected chi connectivity index (χ1v) is 5.32. The molecule has 0 amide bonds. The fraction of sp³-hybridized carbons (Fsp3) is 0.364. The smallest absolute Gasteiger partial charge is 0.158 e. The fourth-order valence-corrected chi connectivity index (χ4v) is 1.55. The van der Waals surface area contributed by atoms with Crippen LogP contribution in [-0.4, -0.2) is 26.3 Å². The normalized spacial score (nSPS) is 10.6. The van der Waals surface area contributed by atoms with E-state index >= 15 is 0 Å². The summed E-state index contributed by atoms with van der Waals surface area (Å²) in [6.45, 7) is 5.93. The zero-order valence-electron chi connectivity index (χ0n) is 9.51. The van der Waals surface area contributed by atoms with Crippen molar-refractivity contribution in [1.82, 2.24) is 25.1 Å². The number of hydrogen-bond acceptors (Lipinski definition) is 4. The van der Waals surface area contributed by atoms with Crippen LogP contribution in [0.4, 0.5) is 0 Å². The lowest BCUT2D eigenvalue weighted by atomic mass is 10.2. The molecule has 0 radical (unpaired) electrons. The average Bonchev–Trinajstić information content (AvgIpc) is 2.80. The second-order valence-electron chi connectivity index (χ2n) is 3.60. The van der Waals surface area contributed by atoms with Gasteiger partial charge in [-0.05, 0) is 30.7 Å². The Labute approximate surface area is 94.5 Å². The van der Waals surface area contributed by atoms with Crippen molar-refractivity contribution < 1.29 is 0 Å². The van der Waals surface area contributed by atoms with Crippen molar-refractivity contribution in [2.45, 2.75) is 20.4 Å². The number of aromatic nitrogens is 4. The monoisotopic (exact) mass is 217 g/mol. The molecule has 1 N–H and O–H groups in total. The highest BCUT2D eigenvalue weighted by molar-refractivity contribution is 5.33. The summed E-state index contributed by atoms with van der Waals surface area (Å²) in [5.74, 6) is 0.831. The Morgan fingerprint density at radius 3 is 2.94 bits per heavy atom. The van der Waals surface area contributed by atoms with Crippen molar-refractivity contribution in [3.63, 3.8) is 0 Å². The Morgan fingerprint density at radius 2 is 2.31 bits per heavy atom. The van der Waals surface area contributed by atoms with E-state index in [-0.39, 0.29) is 0 Å². The number of rotatable bonds is 4. The van der Waals surface area contributed by atoms with E-state index < -0.39 is 0 Å². The van der Waals surface area contributed by atoms with Gasteiger partial charge in [0.05, 0.1) is 0 Å². The molecular weight excluding hydrogens is 202 g/mol. The van der Waals surface area contributed by atoms with E-state index in [1.54, 1.807) is 11.0 Å². The van der Waals surface area contributed by atoms with Gasteiger partial charge in [0, 0.05) is 12.7 Å². The maximum atomic E-state index is 4.39. The molecule has 0 saturated carbocycles. The molecule has 2 heterocycles. The van der Waals surface area contributed by atoms with Crippen molar-refractivity contribution >= 4 is 0 Å². The molecule has 84 valence electrons. The van der Waals surface area contributed by atoms with E-state index in [4.69, 9.17) is 0 Å². The molecule has 2 aromatic heterocycles. The summed E-state index contributed by atoms with van der Waals surface area (Å²) in [4.78, 5) is 8.31. The van der Waals surface area contributed by atoms with E-state index in [1.165, 1.54) is 11.9 Å². The zero-order valence-corrected chi connectivity index (χ0v) is 9.51. The van der Waals surface area contributed by atoms with Gasteiger partial charge in [0.1, 0.15) is 12.7 Å². The van der Waals surface area contributed by atoms with Crippen molar-refractivity contribution in [2.24, 2.45) is 0 Å². The molecule has 0 spiro atoms. The van der Waals surface area contributed by atoms with Crippen LogP contribution in [0.5, 0.6) is 0 Å². The SMILES string of the molecule is CCNCc1cnc(-n2cncn2)c(C)c1. The highest BCUT2D eigenvalue weighted by Crippen LogP contribution is 2.10. The van der Waals surface area contributed by atoms with Crippen LogP contribution in [0.2, 0.25) is 0 Å². The first-order valence-electron chi connectivity index (χ1n) is 5.32. The Morgan fingerprint density at radius 1 is 1.44 bits per heavy atom. The summed E-state index contributed by atoms with van der Waals surface area (Å²) in [6, 6.07) is 2.12. The molecule has 0 aromatic carbocycles. The largest absolute Gasteiger partial charge is 0.313 e. The number of pyridine rings is 1. The van der Waals surface area contributed by atoms with E-state index in [2.05, 4.69) is 33.4 Å². The van der Waals surface area contributed by atoms with E-state index in [1.807, 2.05) is 13.1 Å². The van der Waals surface area contributed by atoms with Crippen LogP contribution >= 0.6 is 0 Å². The van der Waals surface area contributed by atoms with Gasteiger partial charge >= 0.3 is 0 Å². The quantitative estimate of drug-likeness (QED) is 0.832. The minimum atomic E-state index is 0.831. The summed E-state index contributed by atoms with van der Waals surface area (Å²) in [5.41, 5.74) is 2.28. The molecule has 0 bridgehead atoms. The van der Waals surface area contributed by atoms with E-state index in [0.29, 0.717) is 0 Å². The van der Waals surface area contributed by atoms with Crippen molar-refractivity contribution in [1.29, 1.82) is 0 Å². The van der Waals surface area contributed by atoms with E-state index in [9.17, 15) is 0 Å². The minimum Gasteiger partial charge on any atom is -0.313 e. The summed E-state index contributed by atoms with van der Waals surface area (Å²) in [6.07, 6.45) is 5.03. The average molecular weight is 217 g/mol. The third-order valence-corrected chi connectivity index (χ3v) is 2.32. The molecule has 0 aliphatic carbocycles. The molecule has 2 aromatic rings. The number of nitrogens with zero attached hydrogens (tertiary/aromatic N) is 4. The standard InChI is InChI=1S/C11H15N5/c1-3-12-5-10-4-9(2)11(14-6-10)16-8-13-7-15-16/h4,6-8,12H,3,5H2,1-2H3. The molecule has 0 unspecified atom stereocenters. The van der Waals surface area contributed by atoms with Gasteiger partial charge in [0.2, 0.25) is 0 Å². The zero-order chi connectivity index (χ0) is 11.4. The van der Waals surface area contributed by atoms with Crippen LogP contribution in [0, 0.1) is 6.92 Å². The van der Waals surface area contributed by atoms with Crippen molar-refractivity contribution in [2.75, 3.05) is 6.54 Å². The third-order valence-electron chi connectivity index (χ3n) is 2.32. The summed E-state index contributed by atoms with van der Waals surface area (Å²) in [5, 5.41) is 7.34. The molecule has 16 heavy (non-hydrogen) atoms. The van der Waals surface area contributed by atoms with Crippen LogP contribution in [0.15, 0.2) is 24.9 Å². The number of aryl methyl sites for hydroxylation is 1. The minimum absolute atomic E-state index is 0.831. The lowest BCUT2D eigenvalue weighted by Gasteiger charge is -2.07. The molecule has 0 saturated heterocycles. The van der Waals surface area contributed by atoms with Gasteiger partial charge in [-0.2, -0.15) is 5.10 Å². The first-order chi connectivity index (χ1) is 7.81. The summed E-state index contributed by atoms with van der Waals surface area (Å²) in [7, 11) is 0. The Bertz CT molecular complexity index is 449. The van der Waals surface area contributed by atoms with Crippen LogP contribution in [0.1, 0.15) is 18.1 Å². The predicted molar refractivity (Wildman–Crippen MR) is 61.3 cm³/mol. The predicted octanol–water partition coefficient (Wildman–Crippen LogP) is 1.08. The fourth-order valence-electron chi connectivity index (χ4n) is 1.55. The first kappa shape index (κ1) is 10.8. The van der Waals surface area contributed by atoms with Gasteiger partial charge in [0.25, 0.3) is 0 Å². The second-order valence-corrected chi connectivity index (χ2v) is 3.60. The number of hydrogen-bond donors (Lipinski definition) is 1. The molecule has 5 nitrogen and oxygen atoms in total. The lowest BCUT2D eigenvalue weighted by molar-refractivity contribution is 0.721. The molecule has 2 rings (SSSR count). The van der Waals surface area contributed by atoms with Gasteiger partial charge in [0.15, 0.2) is 5.82 Å². The lowest BCUT2D eigenvalue weighted by Crippen LogP contribution is -2.12. The van der Waals surface area contributed by atoms with Crippen molar-refractivity contribution in [3.8, 4) is 5.82 Å². The molecule has 5 heteroatoms. The Hall–Kier alpha value is -1.75. The number of nitrogens with one attached hydrogen (secondary N) is 1. The maximum Gasteiger partial charge on any atom is 0.158 e. The maximum absolute atomic E-state index is 4.39. The molecule has 0 aliphatic rings. The highest BCUT2D eigenvalue weighted by atomic mass is 15.3. The molecular formula is C11H15N5. The van der Waals surface area contributed by atoms with Gasteiger partial charge in [-0.25, -0.2) is 14.6 Å². The topological polar surface area (TPSA) is 55.6 Å². The van der Waals surface area contributed by atoms with E-state index in [0.717, 1.165) is 24.5 Å². The van der Waals surface area contributed by atoms with Gasteiger partial charge in [-0.1, -0.05) is 6.92 Å².